The highest BCUT2D eigenvalue weighted by molar-refractivity contribution is 4.70. The third kappa shape index (κ3) is 8.08. The quantitative estimate of drug-likeness (QED) is 0.568. The van der Waals surface area contributed by atoms with Crippen molar-refractivity contribution in [1.29, 1.82) is 0 Å². The van der Waals surface area contributed by atoms with Gasteiger partial charge in [0.25, 0.3) is 0 Å². The molecule has 0 heterocycles. The van der Waals surface area contributed by atoms with E-state index < -0.39 is 5.60 Å². The summed E-state index contributed by atoms with van der Waals surface area (Å²) in [5, 5.41) is 18.4. The molecule has 2 atom stereocenters. The summed E-state index contributed by atoms with van der Waals surface area (Å²) >= 11 is 0. The summed E-state index contributed by atoms with van der Waals surface area (Å²) < 4.78 is 5.55. The van der Waals surface area contributed by atoms with Crippen LogP contribution in [0.5, 0.6) is 0 Å². The van der Waals surface area contributed by atoms with Crippen LogP contribution in [-0.4, -0.2) is 35.6 Å². The zero-order valence-corrected chi connectivity index (χ0v) is 11.0. The van der Waals surface area contributed by atoms with Gasteiger partial charge in [0.15, 0.2) is 0 Å². The van der Waals surface area contributed by atoms with Crippen LogP contribution >= 0.6 is 0 Å². The Morgan fingerprint density at radius 2 is 2.00 bits per heavy atom. The average molecular weight is 232 g/mol. The van der Waals surface area contributed by atoms with Gasteiger partial charge < -0.3 is 14.9 Å². The van der Waals surface area contributed by atoms with Crippen molar-refractivity contribution in [3.8, 4) is 0 Å². The van der Waals surface area contributed by atoms with E-state index in [2.05, 4.69) is 13.8 Å². The van der Waals surface area contributed by atoms with Crippen LogP contribution in [0, 0.1) is 5.92 Å². The molecule has 0 saturated heterocycles. The molecule has 0 fully saturated rings. The Morgan fingerprint density at radius 3 is 2.50 bits per heavy atom. The highest BCUT2D eigenvalue weighted by Crippen LogP contribution is 2.14. The minimum atomic E-state index is -0.995. The summed E-state index contributed by atoms with van der Waals surface area (Å²) in [6.07, 6.45) is 5.36. The van der Waals surface area contributed by atoms with E-state index in [1.807, 2.05) is 0 Å². The van der Waals surface area contributed by atoms with Crippen molar-refractivity contribution >= 4 is 0 Å². The Kier molecular flexibility index (Phi) is 8.90. The van der Waals surface area contributed by atoms with Crippen LogP contribution in [0.4, 0.5) is 0 Å². The predicted molar refractivity (Wildman–Crippen MR) is 66.5 cm³/mol. The molecule has 2 unspecified atom stereocenters. The Hall–Kier alpha value is -0.120. The molecule has 0 amide bonds. The molecule has 0 aromatic rings. The largest absolute Gasteiger partial charge is 0.393 e. The Morgan fingerprint density at radius 1 is 1.31 bits per heavy atom. The van der Waals surface area contributed by atoms with Crippen molar-refractivity contribution in [3.63, 3.8) is 0 Å². The highest BCUT2D eigenvalue weighted by atomic mass is 16.5. The fourth-order valence-electron chi connectivity index (χ4n) is 1.52. The van der Waals surface area contributed by atoms with Crippen molar-refractivity contribution in [2.75, 3.05) is 19.8 Å². The minimum absolute atomic E-state index is 0.205. The van der Waals surface area contributed by atoms with Gasteiger partial charge in [-0.15, -0.1) is 0 Å². The van der Waals surface area contributed by atoms with Crippen molar-refractivity contribution < 1.29 is 14.9 Å². The van der Waals surface area contributed by atoms with E-state index in [4.69, 9.17) is 9.84 Å². The van der Waals surface area contributed by atoms with Crippen molar-refractivity contribution in [2.24, 2.45) is 5.92 Å². The first-order valence-electron chi connectivity index (χ1n) is 6.46. The summed E-state index contributed by atoms with van der Waals surface area (Å²) in [6, 6.07) is 0. The van der Waals surface area contributed by atoms with E-state index >= 15 is 0 Å². The standard InChI is InChI=1S/C13H28O3/c1-4-6-7-12(5-2)10-16-9-8-13(3,15)11-14/h12,14-15H,4-11H2,1-3H3. The van der Waals surface area contributed by atoms with Gasteiger partial charge in [-0.1, -0.05) is 33.1 Å². The molecule has 0 saturated carbocycles. The van der Waals surface area contributed by atoms with Crippen molar-refractivity contribution in [1.82, 2.24) is 0 Å². The van der Waals surface area contributed by atoms with Crippen LogP contribution in [0.3, 0.4) is 0 Å². The second-order valence-corrected chi connectivity index (χ2v) is 4.90. The van der Waals surface area contributed by atoms with Gasteiger partial charge in [0.05, 0.1) is 12.2 Å². The molecule has 0 aliphatic heterocycles. The Bertz CT molecular complexity index is 157. The molecular weight excluding hydrogens is 204 g/mol. The lowest BCUT2D eigenvalue weighted by molar-refractivity contribution is -0.0305. The molecule has 3 nitrogen and oxygen atoms in total. The molecule has 2 N–H and O–H groups in total. The normalized spacial score (nSPS) is 17.1. The van der Waals surface area contributed by atoms with E-state index in [1.165, 1.54) is 19.3 Å². The maximum Gasteiger partial charge on any atom is 0.0871 e. The van der Waals surface area contributed by atoms with Crippen LogP contribution in [-0.2, 0) is 4.74 Å². The minimum Gasteiger partial charge on any atom is -0.393 e. The summed E-state index contributed by atoms with van der Waals surface area (Å²) in [5.74, 6) is 0.638. The fraction of sp³-hybridized carbons (Fsp3) is 1.00. The molecule has 0 aliphatic carbocycles. The van der Waals surface area contributed by atoms with E-state index in [-0.39, 0.29) is 6.61 Å². The lowest BCUT2D eigenvalue weighted by atomic mass is 10.0. The maximum absolute atomic E-state index is 9.56. The molecule has 0 aliphatic rings. The topological polar surface area (TPSA) is 49.7 Å². The molecule has 3 heteroatoms. The molecule has 98 valence electrons. The monoisotopic (exact) mass is 232 g/mol. The number of aliphatic hydroxyl groups is 2. The van der Waals surface area contributed by atoms with Crippen LogP contribution < -0.4 is 0 Å². The van der Waals surface area contributed by atoms with E-state index in [0.29, 0.717) is 18.9 Å². The molecule has 16 heavy (non-hydrogen) atoms. The molecular formula is C13H28O3. The van der Waals surface area contributed by atoms with Gasteiger partial charge >= 0.3 is 0 Å². The molecule has 0 rings (SSSR count). The lowest BCUT2D eigenvalue weighted by Crippen LogP contribution is -2.30. The highest BCUT2D eigenvalue weighted by Gasteiger charge is 2.18. The second kappa shape index (κ2) is 8.97. The van der Waals surface area contributed by atoms with Gasteiger partial charge in [-0.3, -0.25) is 0 Å². The summed E-state index contributed by atoms with van der Waals surface area (Å²) in [7, 11) is 0. The maximum atomic E-state index is 9.56. The van der Waals surface area contributed by atoms with Crippen molar-refractivity contribution in [3.05, 3.63) is 0 Å². The number of aliphatic hydroxyl groups excluding tert-OH is 1. The lowest BCUT2D eigenvalue weighted by Gasteiger charge is -2.21. The molecule has 0 bridgehead atoms. The predicted octanol–water partition coefficient (Wildman–Crippen LogP) is 2.35. The number of hydrogen-bond donors (Lipinski definition) is 2. The molecule has 0 spiro atoms. The molecule has 0 aromatic carbocycles. The first-order chi connectivity index (χ1) is 7.55. The average Bonchev–Trinajstić information content (AvgIpc) is 2.28. The van der Waals surface area contributed by atoms with Crippen molar-refractivity contribution in [2.45, 2.75) is 58.5 Å². The van der Waals surface area contributed by atoms with Gasteiger partial charge in [0, 0.05) is 19.6 Å². The van der Waals surface area contributed by atoms with E-state index in [0.717, 1.165) is 13.0 Å². The zero-order chi connectivity index (χ0) is 12.4. The smallest absolute Gasteiger partial charge is 0.0871 e. The SMILES string of the molecule is CCCCC(CC)COCCC(C)(O)CO. The first-order valence-corrected chi connectivity index (χ1v) is 6.46. The fourth-order valence-corrected chi connectivity index (χ4v) is 1.52. The van der Waals surface area contributed by atoms with Gasteiger partial charge in [-0.05, 0) is 19.3 Å². The summed E-state index contributed by atoms with van der Waals surface area (Å²) in [6.45, 7) is 7.11. The third-order valence-electron chi connectivity index (χ3n) is 3.02. The molecule has 0 radical (unpaired) electrons. The van der Waals surface area contributed by atoms with E-state index in [1.54, 1.807) is 6.92 Å². The van der Waals surface area contributed by atoms with Gasteiger partial charge in [0.1, 0.15) is 0 Å². The number of unbranched alkanes of at least 4 members (excludes halogenated alkanes) is 1. The Balaban J connectivity index is 3.55. The van der Waals surface area contributed by atoms with E-state index in [9.17, 15) is 5.11 Å². The molecule has 0 aromatic heterocycles. The van der Waals surface area contributed by atoms with Crippen LogP contribution in [0.1, 0.15) is 52.9 Å². The third-order valence-corrected chi connectivity index (χ3v) is 3.02. The second-order valence-electron chi connectivity index (χ2n) is 4.90. The number of rotatable bonds is 10. The van der Waals surface area contributed by atoms with Crippen LogP contribution in [0.15, 0.2) is 0 Å². The van der Waals surface area contributed by atoms with Gasteiger partial charge in [0.2, 0.25) is 0 Å². The number of ether oxygens (including phenoxy) is 1. The van der Waals surface area contributed by atoms with Crippen LogP contribution in [0.25, 0.3) is 0 Å². The first kappa shape index (κ1) is 15.9. The zero-order valence-electron chi connectivity index (χ0n) is 11.0. The summed E-state index contributed by atoms with van der Waals surface area (Å²) in [4.78, 5) is 0. The van der Waals surface area contributed by atoms with Gasteiger partial charge in [-0.2, -0.15) is 0 Å². The Labute approximate surface area is 99.8 Å². The van der Waals surface area contributed by atoms with Crippen LogP contribution in [0.2, 0.25) is 0 Å². The summed E-state index contributed by atoms with van der Waals surface area (Å²) in [5.41, 5.74) is -0.995. The van der Waals surface area contributed by atoms with Gasteiger partial charge in [-0.25, -0.2) is 0 Å². The number of hydrogen-bond acceptors (Lipinski definition) is 3.